The quantitative estimate of drug-likeness (QED) is 0.522. The Kier molecular flexibility index (Phi) is 7.54. The molecule has 29 heavy (non-hydrogen) atoms. The summed E-state index contributed by atoms with van der Waals surface area (Å²) >= 11 is 0. The lowest BCUT2D eigenvalue weighted by atomic mass is 10.1. The number of anilines is 3. The molecule has 3 amide bonds. The summed E-state index contributed by atoms with van der Waals surface area (Å²) in [6, 6.07) is 9.49. The first-order valence-electron chi connectivity index (χ1n) is 9.04. The van der Waals surface area contributed by atoms with E-state index in [2.05, 4.69) is 25.7 Å². The third-order valence-corrected chi connectivity index (χ3v) is 5.12. The van der Waals surface area contributed by atoms with Crippen LogP contribution in [0.5, 0.6) is 0 Å². The molecule has 1 aromatic heterocycles. The first-order chi connectivity index (χ1) is 13.7. The fraction of sp³-hybridized carbons (Fsp3) is 0.316. The van der Waals surface area contributed by atoms with Crippen LogP contribution < -0.4 is 20.7 Å². The lowest BCUT2D eigenvalue weighted by molar-refractivity contribution is -0.118. The van der Waals surface area contributed by atoms with Gasteiger partial charge in [0.15, 0.2) is 0 Å². The highest BCUT2D eigenvalue weighted by molar-refractivity contribution is 7.92. The second-order valence-electron chi connectivity index (χ2n) is 6.69. The molecule has 1 heterocycles. The van der Waals surface area contributed by atoms with Gasteiger partial charge in [-0.25, -0.2) is 18.2 Å². The fourth-order valence-electron chi connectivity index (χ4n) is 2.22. The number of sulfonamides is 1. The Morgan fingerprint density at radius 3 is 2.52 bits per heavy atom. The van der Waals surface area contributed by atoms with Crippen LogP contribution in [0.25, 0.3) is 0 Å². The van der Waals surface area contributed by atoms with E-state index in [0.717, 1.165) is 5.56 Å². The SMILES string of the molecule is Cc1ccc(NC(=O)C(C)C)cc1NC(=O)NCCS(=O)(=O)Nc1ccccn1. The predicted octanol–water partition coefficient (Wildman–Crippen LogP) is 2.55. The molecule has 1 aromatic carbocycles. The molecule has 156 valence electrons. The first-order valence-corrected chi connectivity index (χ1v) is 10.7. The van der Waals surface area contributed by atoms with E-state index in [9.17, 15) is 18.0 Å². The fourth-order valence-corrected chi connectivity index (χ4v) is 3.13. The summed E-state index contributed by atoms with van der Waals surface area (Å²) in [7, 11) is -3.64. The van der Waals surface area contributed by atoms with Gasteiger partial charge in [-0.05, 0) is 36.8 Å². The number of aryl methyl sites for hydroxylation is 1. The van der Waals surface area contributed by atoms with Crippen molar-refractivity contribution in [2.45, 2.75) is 20.8 Å². The minimum absolute atomic E-state index is 0.0865. The molecule has 10 heteroatoms. The number of nitrogens with one attached hydrogen (secondary N) is 4. The molecular formula is C19H25N5O4S. The number of pyridine rings is 1. The highest BCUT2D eigenvalue weighted by Gasteiger charge is 2.13. The molecule has 9 nitrogen and oxygen atoms in total. The molecule has 0 radical (unpaired) electrons. The van der Waals surface area contributed by atoms with Crippen LogP contribution in [-0.4, -0.2) is 37.6 Å². The Balaban J connectivity index is 1.88. The lowest BCUT2D eigenvalue weighted by Gasteiger charge is -2.13. The summed E-state index contributed by atoms with van der Waals surface area (Å²) in [5.74, 6) is -0.388. The van der Waals surface area contributed by atoms with E-state index in [1.165, 1.54) is 12.3 Å². The molecule has 0 aliphatic rings. The lowest BCUT2D eigenvalue weighted by Crippen LogP contribution is -2.34. The van der Waals surface area contributed by atoms with Crippen LogP contribution in [0.1, 0.15) is 19.4 Å². The van der Waals surface area contributed by atoms with Crippen molar-refractivity contribution in [1.29, 1.82) is 0 Å². The van der Waals surface area contributed by atoms with E-state index in [4.69, 9.17) is 0 Å². The van der Waals surface area contributed by atoms with Crippen LogP contribution in [0.4, 0.5) is 22.0 Å². The second kappa shape index (κ2) is 9.87. The summed E-state index contributed by atoms with van der Waals surface area (Å²) in [4.78, 5) is 27.8. The number of rotatable bonds is 8. The number of amides is 3. The zero-order valence-corrected chi connectivity index (χ0v) is 17.3. The van der Waals surface area contributed by atoms with E-state index in [-0.39, 0.29) is 29.9 Å². The molecule has 0 saturated heterocycles. The van der Waals surface area contributed by atoms with Crippen LogP contribution in [0, 0.1) is 12.8 Å². The monoisotopic (exact) mass is 419 g/mol. The van der Waals surface area contributed by atoms with Gasteiger partial charge in [0.1, 0.15) is 5.82 Å². The largest absolute Gasteiger partial charge is 0.337 e. The number of hydrogen-bond acceptors (Lipinski definition) is 5. The highest BCUT2D eigenvalue weighted by Crippen LogP contribution is 2.20. The van der Waals surface area contributed by atoms with Gasteiger partial charge in [-0.3, -0.25) is 9.52 Å². The van der Waals surface area contributed by atoms with Gasteiger partial charge in [0.2, 0.25) is 15.9 Å². The van der Waals surface area contributed by atoms with Crippen molar-refractivity contribution in [2.24, 2.45) is 5.92 Å². The number of urea groups is 1. The minimum Gasteiger partial charge on any atom is -0.337 e. The topological polar surface area (TPSA) is 129 Å². The van der Waals surface area contributed by atoms with Crippen molar-refractivity contribution < 1.29 is 18.0 Å². The molecule has 0 unspecified atom stereocenters. The van der Waals surface area contributed by atoms with Crippen LogP contribution in [0.2, 0.25) is 0 Å². The maximum atomic E-state index is 12.1. The summed E-state index contributed by atoms with van der Waals surface area (Å²) < 4.78 is 26.4. The van der Waals surface area contributed by atoms with E-state index in [0.29, 0.717) is 11.4 Å². The van der Waals surface area contributed by atoms with Crippen LogP contribution in [0.3, 0.4) is 0 Å². The van der Waals surface area contributed by atoms with Crippen LogP contribution in [-0.2, 0) is 14.8 Å². The molecule has 0 bridgehead atoms. The number of hydrogen-bond donors (Lipinski definition) is 4. The van der Waals surface area contributed by atoms with Crippen molar-refractivity contribution in [3.63, 3.8) is 0 Å². The molecule has 0 fully saturated rings. The molecule has 0 aliphatic heterocycles. The number of benzene rings is 1. The molecule has 0 atom stereocenters. The van der Waals surface area contributed by atoms with Crippen LogP contribution in [0.15, 0.2) is 42.6 Å². The highest BCUT2D eigenvalue weighted by atomic mass is 32.2. The van der Waals surface area contributed by atoms with Crippen molar-refractivity contribution >= 4 is 39.2 Å². The Morgan fingerprint density at radius 2 is 1.86 bits per heavy atom. The smallest absolute Gasteiger partial charge is 0.319 e. The molecule has 2 aromatic rings. The van der Waals surface area contributed by atoms with E-state index in [1.807, 2.05) is 6.92 Å². The number of carbonyl (C=O) groups excluding carboxylic acids is 2. The molecular weight excluding hydrogens is 394 g/mol. The second-order valence-corrected chi connectivity index (χ2v) is 8.53. The zero-order chi connectivity index (χ0) is 21.4. The Bertz CT molecular complexity index is 962. The van der Waals surface area contributed by atoms with E-state index >= 15 is 0 Å². The summed E-state index contributed by atoms with van der Waals surface area (Å²) in [6.45, 7) is 5.29. The molecule has 0 spiro atoms. The Hall–Kier alpha value is -3.14. The van der Waals surface area contributed by atoms with E-state index < -0.39 is 16.1 Å². The maximum Gasteiger partial charge on any atom is 0.319 e. The summed E-state index contributed by atoms with van der Waals surface area (Å²) in [6.07, 6.45) is 1.48. The first kappa shape index (κ1) is 22.2. The average Bonchev–Trinajstić information content (AvgIpc) is 2.64. The van der Waals surface area contributed by atoms with Gasteiger partial charge >= 0.3 is 6.03 Å². The Morgan fingerprint density at radius 1 is 1.10 bits per heavy atom. The third-order valence-electron chi connectivity index (χ3n) is 3.86. The van der Waals surface area contributed by atoms with Crippen molar-refractivity contribution in [3.8, 4) is 0 Å². The molecule has 4 N–H and O–H groups in total. The van der Waals surface area contributed by atoms with Crippen molar-refractivity contribution in [2.75, 3.05) is 27.7 Å². The molecule has 0 saturated carbocycles. The summed E-state index contributed by atoms with van der Waals surface area (Å²) in [5, 5.41) is 7.93. The number of aromatic nitrogens is 1. The van der Waals surface area contributed by atoms with Gasteiger partial charge in [0.05, 0.1) is 5.75 Å². The number of nitrogens with zero attached hydrogens (tertiary/aromatic N) is 1. The maximum absolute atomic E-state index is 12.1. The van der Waals surface area contributed by atoms with Gasteiger partial charge in [-0.1, -0.05) is 26.0 Å². The standard InChI is InChI=1S/C19H25N5O4S/c1-13(2)18(25)22-15-8-7-14(3)16(12-15)23-19(26)21-10-11-29(27,28)24-17-6-4-5-9-20-17/h4-9,12-13H,10-11H2,1-3H3,(H,20,24)(H,22,25)(H2,21,23,26). The average molecular weight is 420 g/mol. The van der Waals surface area contributed by atoms with Crippen molar-refractivity contribution in [1.82, 2.24) is 10.3 Å². The van der Waals surface area contributed by atoms with Gasteiger partial charge < -0.3 is 16.0 Å². The van der Waals surface area contributed by atoms with Gasteiger partial charge in [-0.15, -0.1) is 0 Å². The van der Waals surface area contributed by atoms with Gasteiger partial charge in [0.25, 0.3) is 0 Å². The van der Waals surface area contributed by atoms with E-state index in [1.54, 1.807) is 44.2 Å². The van der Waals surface area contributed by atoms with Crippen molar-refractivity contribution in [3.05, 3.63) is 48.2 Å². The normalized spacial score (nSPS) is 11.0. The predicted molar refractivity (Wildman–Crippen MR) is 113 cm³/mol. The summed E-state index contributed by atoms with van der Waals surface area (Å²) in [5.41, 5.74) is 1.87. The Labute approximate surface area is 170 Å². The zero-order valence-electron chi connectivity index (χ0n) is 16.5. The van der Waals surface area contributed by atoms with Gasteiger partial charge in [-0.2, -0.15) is 0 Å². The number of carbonyl (C=O) groups is 2. The third kappa shape index (κ3) is 7.41. The molecule has 2 rings (SSSR count). The van der Waals surface area contributed by atoms with Gasteiger partial charge in [0, 0.05) is 30.0 Å². The molecule has 0 aliphatic carbocycles. The minimum atomic E-state index is -3.64. The van der Waals surface area contributed by atoms with Crippen LogP contribution >= 0.6 is 0 Å².